The first-order valence-electron chi connectivity index (χ1n) is 9.68. The second-order valence-electron chi connectivity index (χ2n) is 6.80. The molecule has 2 heterocycles. The standard InChI is InChI=1S/C24H21N3O4/c1-30-18-9-10-21-20(13-18)17(14-25-21)12-22(24(29)26-15-19-8-5-11-31-19)27-23(28)16-6-3-2-4-7-16/h2-14,25H,15H2,1H3,(H,26,29)(H,27,28)/b22-12-. The van der Waals surface area contributed by atoms with Crippen LogP contribution in [-0.4, -0.2) is 23.9 Å². The van der Waals surface area contributed by atoms with Gasteiger partial charge < -0.3 is 24.8 Å². The molecular formula is C24H21N3O4. The Hall–Kier alpha value is -4.26. The molecule has 7 nitrogen and oxygen atoms in total. The number of rotatable bonds is 7. The Labute approximate surface area is 178 Å². The first kappa shape index (κ1) is 20.0. The lowest BCUT2D eigenvalue weighted by Crippen LogP contribution is -2.34. The molecule has 0 aliphatic carbocycles. The Morgan fingerprint density at radius 3 is 2.68 bits per heavy atom. The van der Waals surface area contributed by atoms with Crippen molar-refractivity contribution in [3.8, 4) is 5.75 Å². The highest BCUT2D eigenvalue weighted by Gasteiger charge is 2.16. The normalized spacial score (nSPS) is 11.3. The lowest BCUT2D eigenvalue weighted by Gasteiger charge is -2.10. The molecule has 0 saturated heterocycles. The molecule has 2 amide bonds. The van der Waals surface area contributed by atoms with E-state index in [2.05, 4.69) is 15.6 Å². The van der Waals surface area contributed by atoms with Crippen molar-refractivity contribution >= 4 is 28.8 Å². The van der Waals surface area contributed by atoms with Gasteiger partial charge in [-0.15, -0.1) is 0 Å². The summed E-state index contributed by atoms with van der Waals surface area (Å²) in [5.41, 5.74) is 2.19. The van der Waals surface area contributed by atoms with Gasteiger partial charge in [0.2, 0.25) is 0 Å². The highest BCUT2D eigenvalue weighted by molar-refractivity contribution is 6.06. The van der Waals surface area contributed by atoms with Crippen molar-refractivity contribution in [1.82, 2.24) is 15.6 Å². The van der Waals surface area contributed by atoms with Crippen LogP contribution in [0.5, 0.6) is 5.75 Å². The second kappa shape index (κ2) is 9.04. The van der Waals surface area contributed by atoms with E-state index in [4.69, 9.17) is 9.15 Å². The van der Waals surface area contributed by atoms with Crippen LogP contribution >= 0.6 is 0 Å². The number of aromatic nitrogens is 1. The molecule has 31 heavy (non-hydrogen) atoms. The number of methoxy groups -OCH3 is 1. The highest BCUT2D eigenvalue weighted by Crippen LogP contribution is 2.25. The number of furan rings is 1. The highest BCUT2D eigenvalue weighted by atomic mass is 16.5. The number of ether oxygens (including phenoxy) is 1. The molecule has 2 aromatic heterocycles. The number of aromatic amines is 1. The molecule has 156 valence electrons. The summed E-state index contributed by atoms with van der Waals surface area (Å²) in [6.45, 7) is 0.200. The van der Waals surface area contributed by atoms with E-state index < -0.39 is 5.91 Å². The number of fused-ring (bicyclic) bond motifs is 1. The van der Waals surface area contributed by atoms with E-state index >= 15 is 0 Å². The van der Waals surface area contributed by atoms with Gasteiger partial charge in [-0.2, -0.15) is 0 Å². The smallest absolute Gasteiger partial charge is 0.268 e. The third kappa shape index (κ3) is 4.67. The molecule has 0 saturated carbocycles. The largest absolute Gasteiger partial charge is 0.497 e. The van der Waals surface area contributed by atoms with Gasteiger partial charge in [0, 0.05) is 28.2 Å². The monoisotopic (exact) mass is 415 g/mol. The minimum absolute atomic E-state index is 0.115. The van der Waals surface area contributed by atoms with Gasteiger partial charge >= 0.3 is 0 Å². The third-order valence-corrected chi connectivity index (χ3v) is 4.75. The molecule has 0 fully saturated rings. The zero-order valence-electron chi connectivity index (χ0n) is 16.8. The quantitative estimate of drug-likeness (QED) is 0.400. The van der Waals surface area contributed by atoms with E-state index in [9.17, 15) is 9.59 Å². The average Bonchev–Trinajstić information content (AvgIpc) is 3.47. The number of carbonyl (C=O) groups is 2. The molecule has 2 aromatic carbocycles. The number of hydrogen-bond donors (Lipinski definition) is 3. The predicted molar refractivity (Wildman–Crippen MR) is 117 cm³/mol. The van der Waals surface area contributed by atoms with E-state index in [1.807, 2.05) is 24.3 Å². The summed E-state index contributed by atoms with van der Waals surface area (Å²) in [4.78, 5) is 28.8. The Morgan fingerprint density at radius 1 is 1.10 bits per heavy atom. The van der Waals surface area contributed by atoms with Gasteiger partial charge in [-0.05, 0) is 48.5 Å². The van der Waals surface area contributed by atoms with Crippen LogP contribution in [0.1, 0.15) is 21.7 Å². The molecule has 0 atom stereocenters. The van der Waals surface area contributed by atoms with Gasteiger partial charge in [0.25, 0.3) is 11.8 Å². The molecule has 0 aliphatic rings. The summed E-state index contributed by atoms with van der Waals surface area (Å²) in [6, 6.07) is 17.8. The van der Waals surface area contributed by atoms with Crippen molar-refractivity contribution in [3.05, 3.63) is 95.7 Å². The number of benzene rings is 2. The molecule has 4 aromatic rings. The number of carbonyl (C=O) groups excluding carboxylic acids is 2. The van der Waals surface area contributed by atoms with Crippen LogP contribution < -0.4 is 15.4 Å². The first-order chi connectivity index (χ1) is 15.1. The summed E-state index contributed by atoms with van der Waals surface area (Å²) in [7, 11) is 1.59. The fourth-order valence-corrected chi connectivity index (χ4v) is 3.14. The lowest BCUT2D eigenvalue weighted by atomic mass is 10.1. The summed E-state index contributed by atoms with van der Waals surface area (Å²) in [5.74, 6) is 0.494. The molecule has 0 unspecified atom stereocenters. The molecule has 0 aliphatic heterocycles. The van der Waals surface area contributed by atoms with Gasteiger partial charge in [-0.25, -0.2) is 0 Å². The van der Waals surface area contributed by atoms with Crippen LogP contribution in [-0.2, 0) is 11.3 Å². The van der Waals surface area contributed by atoms with Crippen LogP contribution in [0.15, 0.2) is 83.2 Å². The number of hydrogen-bond acceptors (Lipinski definition) is 4. The summed E-state index contributed by atoms with van der Waals surface area (Å²) in [6.07, 6.45) is 4.95. The Bertz CT molecular complexity index is 1220. The summed E-state index contributed by atoms with van der Waals surface area (Å²) in [5, 5.41) is 6.37. The van der Waals surface area contributed by atoms with E-state index in [-0.39, 0.29) is 18.1 Å². The molecule has 4 rings (SSSR count). The zero-order chi connectivity index (χ0) is 21.6. The lowest BCUT2D eigenvalue weighted by molar-refractivity contribution is -0.118. The van der Waals surface area contributed by atoms with Gasteiger partial charge in [0.15, 0.2) is 0 Å². The Morgan fingerprint density at radius 2 is 1.94 bits per heavy atom. The average molecular weight is 415 g/mol. The molecule has 0 bridgehead atoms. The topological polar surface area (TPSA) is 96.4 Å². The minimum Gasteiger partial charge on any atom is -0.497 e. The van der Waals surface area contributed by atoms with Crippen molar-refractivity contribution in [2.45, 2.75) is 6.54 Å². The number of H-pyrrole nitrogens is 1. The van der Waals surface area contributed by atoms with Gasteiger partial charge in [-0.1, -0.05) is 18.2 Å². The van der Waals surface area contributed by atoms with Crippen molar-refractivity contribution < 1.29 is 18.7 Å². The van der Waals surface area contributed by atoms with E-state index in [1.54, 1.807) is 55.8 Å². The molecule has 0 spiro atoms. The van der Waals surface area contributed by atoms with E-state index in [1.165, 1.54) is 6.26 Å². The van der Waals surface area contributed by atoms with Crippen LogP contribution in [0, 0.1) is 0 Å². The maximum atomic E-state index is 12.9. The second-order valence-corrected chi connectivity index (χ2v) is 6.80. The van der Waals surface area contributed by atoms with Crippen molar-refractivity contribution in [1.29, 1.82) is 0 Å². The van der Waals surface area contributed by atoms with Crippen molar-refractivity contribution in [2.75, 3.05) is 7.11 Å². The van der Waals surface area contributed by atoms with Gasteiger partial charge in [0.05, 0.1) is 19.9 Å². The predicted octanol–water partition coefficient (Wildman–Crippen LogP) is 3.86. The Kier molecular flexibility index (Phi) is 5.84. The number of amides is 2. The maximum Gasteiger partial charge on any atom is 0.268 e. The van der Waals surface area contributed by atoms with Crippen LogP contribution in [0.25, 0.3) is 17.0 Å². The first-order valence-corrected chi connectivity index (χ1v) is 9.68. The zero-order valence-corrected chi connectivity index (χ0v) is 16.8. The summed E-state index contributed by atoms with van der Waals surface area (Å²) < 4.78 is 10.6. The van der Waals surface area contributed by atoms with Crippen molar-refractivity contribution in [3.63, 3.8) is 0 Å². The molecule has 7 heteroatoms. The molecule has 0 radical (unpaired) electrons. The van der Waals surface area contributed by atoms with E-state index in [0.29, 0.717) is 17.1 Å². The van der Waals surface area contributed by atoms with Gasteiger partial charge in [-0.3, -0.25) is 9.59 Å². The minimum atomic E-state index is -0.432. The number of nitrogens with one attached hydrogen (secondary N) is 3. The van der Waals surface area contributed by atoms with E-state index in [0.717, 1.165) is 16.5 Å². The molecule has 3 N–H and O–H groups in total. The maximum absolute atomic E-state index is 12.9. The van der Waals surface area contributed by atoms with Crippen LogP contribution in [0.2, 0.25) is 0 Å². The van der Waals surface area contributed by atoms with Crippen LogP contribution in [0.3, 0.4) is 0 Å². The van der Waals surface area contributed by atoms with Crippen LogP contribution in [0.4, 0.5) is 0 Å². The fraction of sp³-hybridized carbons (Fsp3) is 0.0833. The summed E-state index contributed by atoms with van der Waals surface area (Å²) >= 11 is 0. The van der Waals surface area contributed by atoms with Crippen molar-refractivity contribution in [2.24, 2.45) is 0 Å². The third-order valence-electron chi connectivity index (χ3n) is 4.75. The Balaban J connectivity index is 1.65. The fourth-order valence-electron chi connectivity index (χ4n) is 3.14. The van der Waals surface area contributed by atoms with Gasteiger partial charge in [0.1, 0.15) is 17.2 Å². The SMILES string of the molecule is COc1ccc2[nH]cc(/C=C(\NC(=O)c3ccccc3)C(=O)NCc3ccco3)c2c1. The molecular weight excluding hydrogens is 394 g/mol.